The summed E-state index contributed by atoms with van der Waals surface area (Å²) in [5.41, 5.74) is 0.0498. The van der Waals surface area contributed by atoms with Gasteiger partial charge in [0.2, 0.25) is 0 Å². The molecule has 0 heterocycles. The molecule has 2 fully saturated rings. The minimum Gasteiger partial charge on any atom is -0.497 e. The number of carbonyl (C=O) groups excluding carboxylic acids is 1. The summed E-state index contributed by atoms with van der Waals surface area (Å²) in [5.74, 6) is 1.20. The van der Waals surface area contributed by atoms with Gasteiger partial charge in [-0.05, 0) is 62.1 Å². The Balaban J connectivity index is 1.65. The highest BCUT2D eigenvalue weighted by Gasteiger charge is 2.44. The summed E-state index contributed by atoms with van der Waals surface area (Å²) >= 11 is 0. The van der Waals surface area contributed by atoms with Crippen molar-refractivity contribution >= 4 is 5.91 Å². The third-order valence-corrected chi connectivity index (χ3v) is 4.70. The average Bonchev–Trinajstić information content (AvgIpc) is 3.28. The Morgan fingerprint density at radius 2 is 2.24 bits per heavy atom. The van der Waals surface area contributed by atoms with Crippen LogP contribution >= 0.6 is 0 Å². The topological polar surface area (TPSA) is 58.6 Å². The minimum absolute atomic E-state index is 0.120. The van der Waals surface area contributed by atoms with Crippen molar-refractivity contribution in [2.45, 2.75) is 50.2 Å². The van der Waals surface area contributed by atoms with E-state index >= 15 is 0 Å². The Hall–Kier alpha value is -1.55. The van der Waals surface area contributed by atoms with E-state index in [0.717, 1.165) is 37.0 Å². The zero-order chi connectivity index (χ0) is 14.9. The lowest BCUT2D eigenvalue weighted by atomic mass is 9.79. The van der Waals surface area contributed by atoms with Crippen LogP contribution in [-0.4, -0.2) is 29.8 Å². The number of aliphatic hydroxyl groups is 1. The van der Waals surface area contributed by atoms with E-state index < -0.39 is 5.60 Å². The molecule has 0 spiro atoms. The predicted molar refractivity (Wildman–Crippen MR) is 80.2 cm³/mol. The SMILES string of the molecule is COc1cccc(C[C@@H](NC(=O)C2(O)CCC2)C2CC2)c1. The Labute approximate surface area is 125 Å². The standard InChI is InChI=1S/C17H23NO3/c1-21-14-5-2-4-12(10-14)11-15(13-6-7-13)18-16(19)17(20)8-3-9-17/h2,4-5,10,13,15,20H,3,6-9,11H2,1H3,(H,18,19)/t15-/m1/s1. The molecule has 1 aromatic rings. The van der Waals surface area contributed by atoms with Crippen LogP contribution in [0.1, 0.15) is 37.7 Å². The molecule has 2 saturated carbocycles. The van der Waals surface area contributed by atoms with Crippen molar-refractivity contribution in [2.75, 3.05) is 7.11 Å². The zero-order valence-electron chi connectivity index (χ0n) is 12.5. The molecule has 2 aliphatic rings. The van der Waals surface area contributed by atoms with E-state index in [-0.39, 0.29) is 11.9 Å². The Morgan fingerprint density at radius 3 is 2.81 bits per heavy atom. The highest BCUT2D eigenvalue weighted by Crippen LogP contribution is 2.36. The number of ether oxygens (including phenoxy) is 1. The first-order valence-corrected chi connectivity index (χ1v) is 7.77. The molecule has 3 rings (SSSR count). The normalized spacial score (nSPS) is 21.2. The van der Waals surface area contributed by atoms with Crippen LogP contribution in [0.5, 0.6) is 5.75 Å². The molecule has 0 unspecified atom stereocenters. The van der Waals surface area contributed by atoms with E-state index in [2.05, 4.69) is 11.4 Å². The van der Waals surface area contributed by atoms with Gasteiger partial charge in [-0.15, -0.1) is 0 Å². The van der Waals surface area contributed by atoms with E-state index in [9.17, 15) is 9.90 Å². The third kappa shape index (κ3) is 3.21. The van der Waals surface area contributed by atoms with Crippen LogP contribution in [0.2, 0.25) is 0 Å². The van der Waals surface area contributed by atoms with Gasteiger partial charge in [0.25, 0.3) is 5.91 Å². The van der Waals surface area contributed by atoms with E-state index in [1.165, 1.54) is 0 Å². The van der Waals surface area contributed by atoms with Crippen LogP contribution in [0.15, 0.2) is 24.3 Å². The van der Waals surface area contributed by atoms with Gasteiger partial charge in [0.05, 0.1) is 7.11 Å². The first kappa shape index (κ1) is 14.4. The number of benzene rings is 1. The monoisotopic (exact) mass is 289 g/mol. The summed E-state index contributed by atoms with van der Waals surface area (Å²) < 4.78 is 5.25. The molecular weight excluding hydrogens is 266 g/mol. The van der Waals surface area contributed by atoms with Crippen LogP contribution in [0, 0.1) is 5.92 Å². The second-order valence-corrected chi connectivity index (χ2v) is 6.36. The molecule has 0 aliphatic heterocycles. The maximum Gasteiger partial charge on any atom is 0.252 e. The van der Waals surface area contributed by atoms with Crippen molar-refractivity contribution in [2.24, 2.45) is 5.92 Å². The molecule has 4 heteroatoms. The molecule has 0 aromatic heterocycles. The van der Waals surface area contributed by atoms with Crippen LogP contribution in [0.25, 0.3) is 0 Å². The number of amides is 1. The number of hydrogen-bond donors (Lipinski definition) is 2. The van der Waals surface area contributed by atoms with Gasteiger partial charge in [0.1, 0.15) is 11.4 Å². The largest absolute Gasteiger partial charge is 0.497 e. The van der Waals surface area contributed by atoms with E-state index in [4.69, 9.17) is 4.74 Å². The summed E-state index contributed by atoms with van der Waals surface area (Å²) in [5, 5.41) is 13.2. The Morgan fingerprint density at radius 1 is 1.48 bits per heavy atom. The summed E-state index contributed by atoms with van der Waals surface area (Å²) in [6.45, 7) is 0. The highest BCUT2D eigenvalue weighted by atomic mass is 16.5. The molecular formula is C17H23NO3. The lowest BCUT2D eigenvalue weighted by molar-refractivity contribution is -0.149. The lowest BCUT2D eigenvalue weighted by Gasteiger charge is -2.36. The fraction of sp³-hybridized carbons (Fsp3) is 0.588. The Kier molecular flexibility index (Phi) is 3.89. The second kappa shape index (κ2) is 5.68. The number of nitrogens with one attached hydrogen (secondary N) is 1. The predicted octanol–water partition coefficient (Wildman–Crippen LogP) is 2.05. The first-order valence-electron chi connectivity index (χ1n) is 7.77. The van der Waals surface area contributed by atoms with Crippen LogP contribution in [0.3, 0.4) is 0 Å². The van der Waals surface area contributed by atoms with Crippen LogP contribution in [-0.2, 0) is 11.2 Å². The van der Waals surface area contributed by atoms with E-state index in [1.54, 1.807) is 7.11 Å². The van der Waals surface area contributed by atoms with Crippen molar-refractivity contribution in [3.8, 4) is 5.75 Å². The average molecular weight is 289 g/mol. The van der Waals surface area contributed by atoms with E-state index in [0.29, 0.717) is 18.8 Å². The molecule has 1 amide bonds. The van der Waals surface area contributed by atoms with Gasteiger partial charge < -0.3 is 15.2 Å². The molecule has 2 aliphatic carbocycles. The molecule has 21 heavy (non-hydrogen) atoms. The fourth-order valence-corrected chi connectivity index (χ4v) is 2.93. The third-order valence-electron chi connectivity index (χ3n) is 4.70. The molecule has 1 aromatic carbocycles. The highest BCUT2D eigenvalue weighted by molar-refractivity contribution is 5.86. The summed E-state index contributed by atoms with van der Waals surface area (Å²) in [7, 11) is 1.66. The Bertz CT molecular complexity index is 521. The number of carbonyl (C=O) groups is 1. The number of rotatable bonds is 6. The van der Waals surface area contributed by atoms with Gasteiger partial charge in [0, 0.05) is 6.04 Å². The van der Waals surface area contributed by atoms with Crippen LogP contribution < -0.4 is 10.1 Å². The van der Waals surface area contributed by atoms with Crippen molar-refractivity contribution < 1.29 is 14.6 Å². The van der Waals surface area contributed by atoms with Crippen molar-refractivity contribution in [3.63, 3.8) is 0 Å². The summed E-state index contributed by atoms with van der Waals surface area (Å²) in [4.78, 5) is 12.2. The quantitative estimate of drug-likeness (QED) is 0.842. The van der Waals surface area contributed by atoms with Gasteiger partial charge in [0.15, 0.2) is 0 Å². The van der Waals surface area contributed by atoms with Crippen molar-refractivity contribution in [1.82, 2.24) is 5.32 Å². The second-order valence-electron chi connectivity index (χ2n) is 6.36. The molecule has 0 saturated heterocycles. The van der Waals surface area contributed by atoms with Crippen molar-refractivity contribution in [1.29, 1.82) is 0 Å². The smallest absolute Gasteiger partial charge is 0.252 e. The zero-order valence-corrected chi connectivity index (χ0v) is 12.5. The van der Waals surface area contributed by atoms with E-state index in [1.807, 2.05) is 18.2 Å². The summed E-state index contributed by atoms with van der Waals surface area (Å²) in [6, 6.07) is 8.08. The maximum atomic E-state index is 12.2. The van der Waals surface area contributed by atoms with Crippen LogP contribution in [0.4, 0.5) is 0 Å². The van der Waals surface area contributed by atoms with Gasteiger partial charge in [-0.2, -0.15) is 0 Å². The maximum absolute atomic E-state index is 12.2. The fourth-order valence-electron chi connectivity index (χ4n) is 2.93. The molecule has 1 atom stereocenters. The van der Waals surface area contributed by atoms with Crippen molar-refractivity contribution in [3.05, 3.63) is 29.8 Å². The lowest BCUT2D eigenvalue weighted by Crippen LogP contribution is -2.55. The molecule has 0 bridgehead atoms. The van der Waals surface area contributed by atoms with Gasteiger partial charge in [-0.1, -0.05) is 12.1 Å². The molecule has 2 N–H and O–H groups in total. The number of hydrogen-bond acceptors (Lipinski definition) is 3. The number of methoxy groups -OCH3 is 1. The van der Waals surface area contributed by atoms with Gasteiger partial charge >= 0.3 is 0 Å². The molecule has 114 valence electrons. The minimum atomic E-state index is -1.11. The van der Waals surface area contributed by atoms with Gasteiger partial charge in [-0.3, -0.25) is 4.79 Å². The molecule has 4 nitrogen and oxygen atoms in total. The first-order chi connectivity index (χ1) is 10.1. The molecule has 0 radical (unpaired) electrons. The summed E-state index contributed by atoms with van der Waals surface area (Å²) in [6.07, 6.45) is 5.24. The van der Waals surface area contributed by atoms with Gasteiger partial charge in [-0.25, -0.2) is 0 Å².